The van der Waals surface area contributed by atoms with Gasteiger partial charge in [-0.25, -0.2) is 4.68 Å². The van der Waals surface area contributed by atoms with E-state index in [2.05, 4.69) is 24.3 Å². The molecule has 2 rings (SSSR count). The van der Waals surface area contributed by atoms with Crippen molar-refractivity contribution in [3.63, 3.8) is 0 Å². The molecule has 0 spiro atoms. The van der Waals surface area contributed by atoms with E-state index in [0.29, 0.717) is 23.9 Å². The van der Waals surface area contributed by atoms with Gasteiger partial charge in [0, 0.05) is 12.6 Å². The number of hydrogen-bond donors (Lipinski definition) is 1. The molecular formula is C12H20N4O2. The molecule has 6 nitrogen and oxygen atoms in total. The van der Waals surface area contributed by atoms with Gasteiger partial charge in [0.05, 0.1) is 4.92 Å². The lowest BCUT2D eigenvalue weighted by Gasteiger charge is -2.26. The van der Waals surface area contributed by atoms with Gasteiger partial charge in [0.15, 0.2) is 0 Å². The van der Waals surface area contributed by atoms with Crippen LogP contribution in [0.4, 0.5) is 11.5 Å². The Hall–Kier alpha value is -1.59. The van der Waals surface area contributed by atoms with E-state index in [-0.39, 0.29) is 16.1 Å². The first kappa shape index (κ1) is 12.9. The molecule has 1 heterocycles. The maximum absolute atomic E-state index is 11.2. The second kappa shape index (κ2) is 4.26. The molecule has 1 aliphatic carbocycles. The predicted molar refractivity (Wildman–Crippen MR) is 69.7 cm³/mol. The molecule has 0 unspecified atom stereocenters. The maximum Gasteiger partial charge on any atom is 0.333 e. The minimum absolute atomic E-state index is 0.119. The van der Waals surface area contributed by atoms with E-state index in [1.165, 1.54) is 12.8 Å². The average Bonchev–Trinajstić information content (AvgIpc) is 3.06. The van der Waals surface area contributed by atoms with Crippen LogP contribution in [0.3, 0.4) is 0 Å². The molecule has 0 aliphatic heterocycles. The number of nitro groups is 1. The Kier molecular flexibility index (Phi) is 3.04. The van der Waals surface area contributed by atoms with Crippen LogP contribution in [-0.2, 0) is 13.5 Å². The molecule has 0 radical (unpaired) electrons. The highest BCUT2D eigenvalue weighted by Gasteiger charge is 2.40. The van der Waals surface area contributed by atoms with Crippen molar-refractivity contribution >= 4 is 11.5 Å². The Balaban J connectivity index is 2.37. The third-order valence-electron chi connectivity index (χ3n) is 3.65. The van der Waals surface area contributed by atoms with E-state index in [1.807, 2.05) is 6.92 Å². The SMILES string of the molecule is CCc1nn(C)c(NC(C)(C)C2CC2)c1[N+](=O)[O-]. The molecule has 1 fully saturated rings. The third-order valence-corrected chi connectivity index (χ3v) is 3.65. The Morgan fingerprint density at radius 3 is 2.61 bits per heavy atom. The summed E-state index contributed by atoms with van der Waals surface area (Å²) in [6.45, 7) is 6.06. The summed E-state index contributed by atoms with van der Waals surface area (Å²) in [4.78, 5) is 10.9. The summed E-state index contributed by atoms with van der Waals surface area (Å²) in [6.07, 6.45) is 2.94. The first-order valence-electron chi connectivity index (χ1n) is 6.35. The third kappa shape index (κ3) is 2.19. The van der Waals surface area contributed by atoms with Crippen LogP contribution in [-0.4, -0.2) is 20.2 Å². The molecule has 0 bridgehead atoms. The number of aromatic nitrogens is 2. The summed E-state index contributed by atoms with van der Waals surface area (Å²) >= 11 is 0. The summed E-state index contributed by atoms with van der Waals surface area (Å²) in [6, 6.07) is 0. The van der Waals surface area contributed by atoms with Crippen molar-refractivity contribution in [3.05, 3.63) is 15.8 Å². The van der Waals surface area contributed by atoms with Gasteiger partial charge in [0.2, 0.25) is 5.82 Å². The molecule has 1 aromatic heterocycles. The molecule has 100 valence electrons. The number of hydrogen-bond acceptors (Lipinski definition) is 4. The summed E-state index contributed by atoms with van der Waals surface area (Å²) in [5.74, 6) is 1.12. The van der Waals surface area contributed by atoms with Gasteiger partial charge in [-0.05, 0) is 39.0 Å². The van der Waals surface area contributed by atoms with Crippen LogP contribution in [0.15, 0.2) is 0 Å². The zero-order valence-electron chi connectivity index (χ0n) is 11.4. The summed E-state index contributed by atoms with van der Waals surface area (Å²) in [7, 11) is 1.75. The van der Waals surface area contributed by atoms with Crippen LogP contribution in [0.2, 0.25) is 0 Å². The van der Waals surface area contributed by atoms with E-state index in [0.717, 1.165) is 0 Å². The molecule has 0 aromatic carbocycles. The van der Waals surface area contributed by atoms with Crippen LogP contribution < -0.4 is 5.32 Å². The summed E-state index contributed by atoms with van der Waals surface area (Å²) in [5, 5.41) is 18.7. The van der Waals surface area contributed by atoms with E-state index < -0.39 is 0 Å². The Morgan fingerprint density at radius 2 is 2.17 bits per heavy atom. The van der Waals surface area contributed by atoms with Crippen molar-refractivity contribution < 1.29 is 4.92 Å². The predicted octanol–water partition coefficient (Wildman–Crippen LogP) is 2.49. The van der Waals surface area contributed by atoms with Gasteiger partial charge in [0.1, 0.15) is 5.69 Å². The van der Waals surface area contributed by atoms with Crippen LogP contribution in [0.25, 0.3) is 0 Å². The second-order valence-corrected chi connectivity index (χ2v) is 5.50. The van der Waals surface area contributed by atoms with Crippen LogP contribution >= 0.6 is 0 Å². The zero-order valence-corrected chi connectivity index (χ0v) is 11.4. The fourth-order valence-corrected chi connectivity index (χ4v) is 2.35. The van der Waals surface area contributed by atoms with Gasteiger partial charge in [-0.3, -0.25) is 10.1 Å². The fraction of sp³-hybridized carbons (Fsp3) is 0.750. The van der Waals surface area contributed by atoms with Crippen molar-refractivity contribution in [2.24, 2.45) is 13.0 Å². The lowest BCUT2D eigenvalue weighted by atomic mass is 9.99. The number of anilines is 1. The van der Waals surface area contributed by atoms with Crippen LogP contribution in [0, 0.1) is 16.0 Å². The van der Waals surface area contributed by atoms with Gasteiger partial charge in [-0.1, -0.05) is 6.92 Å². The smallest absolute Gasteiger partial charge is 0.333 e. The lowest BCUT2D eigenvalue weighted by Crippen LogP contribution is -2.34. The molecular weight excluding hydrogens is 232 g/mol. The lowest BCUT2D eigenvalue weighted by molar-refractivity contribution is -0.384. The number of rotatable bonds is 5. The van der Waals surface area contributed by atoms with E-state index in [9.17, 15) is 10.1 Å². The molecule has 0 saturated heterocycles. The number of nitrogens with one attached hydrogen (secondary N) is 1. The van der Waals surface area contributed by atoms with E-state index in [4.69, 9.17) is 0 Å². The molecule has 0 atom stereocenters. The van der Waals surface area contributed by atoms with E-state index in [1.54, 1.807) is 11.7 Å². The molecule has 6 heteroatoms. The number of nitrogens with zero attached hydrogens (tertiary/aromatic N) is 3. The molecule has 1 aromatic rings. The van der Waals surface area contributed by atoms with Crippen LogP contribution in [0.1, 0.15) is 39.3 Å². The van der Waals surface area contributed by atoms with Gasteiger partial charge in [-0.2, -0.15) is 5.10 Å². The number of aryl methyl sites for hydroxylation is 2. The summed E-state index contributed by atoms with van der Waals surface area (Å²) in [5.41, 5.74) is 0.536. The van der Waals surface area contributed by atoms with Crippen molar-refractivity contribution in [1.29, 1.82) is 0 Å². The largest absolute Gasteiger partial charge is 0.359 e. The van der Waals surface area contributed by atoms with Gasteiger partial charge in [-0.15, -0.1) is 0 Å². The molecule has 1 N–H and O–H groups in total. The first-order chi connectivity index (χ1) is 8.36. The Labute approximate surface area is 107 Å². The molecule has 18 heavy (non-hydrogen) atoms. The highest BCUT2D eigenvalue weighted by atomic mass is 16.6. The standard InChI is InChI=1S/C12H20N4O2/c1-5-9-10(16(17)18)11(15(4)14-9)13-12(2,3)8-6-7-8/h8,13H,5-7H2,1-4H3. The topological polar surface area (TPSA) is 73.0 Å². The highest BCUT2D eigenvalue weighted by molar-refractivity contribution is 5.61. The Morgan fingerprint density at radius 1 is 1.56 bits per heavy atom. The monoisotopic (exact) mass is 252 g/mol. The fourth-order valence-electron chi connectivity index (χ4n) is 2.35. The van der Waals surface area contributed by atoms with Crippen molar-refractivity contribution in [2.75, 3.05) is 5.32 Å². The summed E-state index contributed by atoms with van der Waals surface area (Å²) < 4.78 is 1.58. The average molecular weight is 252 g/mol. The van der Waals surface area contributed by atoms with Crippen LogP contribution in [0.5, 0.6) is 0 Å². The second-order valence-electron chi connectivity index (χ2n) is 5.50. The van der Waals surface area contributed by atoms with Gasteiger partial charge < -0.3 is 5.32 Å². The van der Waals surface area contributed by atoms with Gasteiger partial charge >= 0.3 is 5.69 Å². The minimum Gasteiger partial charge on any atom is -0.359 e. The van der Waals surface area contributed by atoms with E-state index >= 15 is 0 Å². The minimum atomic E-state index is -0.336. The van der Waals surface area contributed by atoms with Gasteiger partial charge in [0.25, 0.3) is 0 Å². The van der Waals surface area contributed by atoms with Crippen molar-refractivity contribution in [2.45, 2.75) is 45.6 Å². The zero-order chi connectivity index (χ0) is 13.5. The normalized spacial score (nSPS) is 15.8. The molecule has 1 saturated carbocycles. The molecule has 0 amide bonds. The van der Waals surface area contributed by atoms with Crippen molar-refractivity contribution in [3.8, 4) is 0 Å². The van der Waals surface area contributed by atoms with Crippen molar-refractivity contribution in [1.82, 2.24) is 9.78 Å². The molecule has 1 aliphatic rings. The Bertz CT molecular complexity index is 475. The first-order valence-corrected chi connectivity index (χ1v) is 6.35. The maximum atomic E-state index is 11.2. The highest BCUT2D eigenvalue weighted by Crippen LogP contribution is 2.42. The quantitative estimate of drug-likeness (QED) is 0.645.